The molecule has 2 aliphatic rings. The Morgan fingerprint density at radius 2 is 1.65 bits per heavy atom. The fourth-order valence-corrected chi connectivity index (χ4v) is 6.16. The minimum Gasteiger partial charge on any atom is -0.388 e. The molecule has 2 aromatic carbocycles. The van der Waals surface area contributed by atoms with Crippen LogP contribution in [0.4, 0.5) is 0 Å². The molecule has 1 unspecified atom stereocenters. The van der Waals surface area contributed by atoms with Crippen LogP contribution in [0.1, 0.15) is 47.7 Å². The zero-order chi connectivity index (χ0) is 22.0. The Morgan fingerprint density at radius 1 is 1.00 bits per heavy atom. The maximum atomic E-state index is 13.1. The van der Waals surface area contributed by atoms with Crippen molar-refractivity contribution >= 4 is 27.5 Å². The molecule has 166 valence electrons. The summed E-state index contributed by atoms with van der Waals surface area (Å²) >= 11 is 6.28. The first-order valence-corrected chi connectivity index (χ1v) is 12.5. The molecule has 2 aromatic rings. The Balaban J connectivity index is 1.46. The van der Waals surface area contributed by atoms with Gasteiger partial charge in [-0.25, -0.2) is 8.42 Å². The van der Waals surface area contributed by atoms with Crippen LogP contribution in [0.5, 0.6) is 0 Å². The number of sulfonamides is 1. The van der Waals surface area contributed by atoms with Gasteiger partial charge in [-0.1, -0.05) is 41.9 Å². The zero-order valence-electron chi connectivity index (χ0n) is 17.3. The minimum absolute atomic E-state index is 0.0730. The number of benzene rings is 2. The SMILES string of the molecule is O=C(c1cc(S(=O)(=O)N2CCCC2)ccc1Cl)N1CCC(C(O)c2ccccc2)CC1. The van der Waals surface area contributed by atoms with E-state index in [9.17, 15) is 18.3 Å². The van der Waals surface area contributed by atoms with Crippen molar-refractivity contribution < 1.29 is 18.3 Å². The molecule has 0 radical (unpaired) electrons. The Labute approximate surface area is 188 Å². The van der Waals surface area contributed by atoms with E-state index >= 15 is 0 Å². The fourth-order valence-electron chi connectivity index (χ4n) is 4.42. The molecule has 1 atom stereocenters. The highest BCUT2D eigenvalue weighted by atomic mass is 35.5. The summed E-state index contributed by atoms with van der Waals surface area (Å²) < 4.78 is 27.2. The molecule has 1 amide bonds. The van der Waals surface area contributed by atoms with Gasteiger partial charge in [0, 0.05) is 26.2 Å². The monoisotopic (exact) mass is 462 g/mol. The first-order chi connectivity index (χ1) is 14.9. The van der Waals surface area contributed by atoms with E-state index in [1.165, 1.54) is 22.5 Å². The van der Waals surface area contributed by atoms with Crippen LogP contribution in [0.3, 0.4) is 0 Å². The lowest BCUT2D eigenvalue weighted by molar-refractivity contribution is 0.0462. The second-order valence-electron chi connectivity index (χ2n) is 8.24. The van der Waals surface area contributed by atoms with Crippen molar-refractivity contribution in [3.63, 3.8) is 0 Å². The van der Waals surface area contributed by atoms with Crippen LogP contribution in [0.25, 0.3) is 0 Å². The van der Waals surface area contributed by atoms with E-state index in [-0.39, 0.29) is 27.3 Å². The summed E-state index contributed by atoms with van der Waals surface area (Å²) in [6.45, 7) is 2.00. The van der Waals surface area contributed by atoms with E-state index in [1.54, 1.807) is 4.90 Å². The maximum Gasteiger partial charge on any atom is 0.255 e. The molecule has 31 heavy (non-hydrogen) atoms. The van der Waals surface area contributed by atoms with Gasteiger partial charge in [-0.05, 0) is 55.4 Å². The normalized spacial score (nSPS) is 19.5. The number of rotatable bonds is 5. The predicted octanol–water partition coefficient (Wildman–Crippen LogP) is 3.71. The van der Waals surface area contributed by atoms with Gasteiger partial charge >= 0.3 is 0 Å². The largest absolute Gasteiger partial charge is 0.388 e. The van der Waals surface area contributed by atoms with Gasteiger partial charge in [-0.2, -0.15) is 4.31 Å². The standard InChI is InChI=1S/C23H27ClN2O4S/c24-21-9-8-19(31(29,30)26-12-4-5-13-26)16-20(21)23(28)25-14-10-18(11-15-25)22(27)17-6-2-1-3-7-17/h1-3,6-9,16,18,22,27H,4-5,10-15H2. The predicted molar refractivity (Wildman–Crippen MR) is 119 cm³/mol. The molecular weight excluding hydrogens is 436 g/mol. The van der Waals surface area contributed by atoms with Gasteiger partial charge in [0.2, 0.25) is 10.0 Å². The third-order valence-corrected chi connectivity index (χ3v) is 8.51. The fraction of sp³-hybridized carbons (Fsp3) is 0.435. The van der Waals surface area contributed by atoms with Gasteiger partial charge in [-0.15, -0.1) is 0 Å². The first-order valence-electron chi connectivity index (χ1n) is 10.7. The molecule has 8 heteroatoms. The van der Waals surface area contributed by atoms with Crippen molar-refractivity contribution in [1.29, 1.82) is 0 Å². The number of carbonyl (C=O) groups is 1. The highest BCUT2D eigenvalue weighted by Crippen LogP contribution is 2.32. The van der Waals surface area contributed by atoms with E-state index in [2.05, 4.69) is 0 Å². The molecule has 1 N–H and O–H groups in total. The van der Waals surface area contributed by atoms with Crippen molar-refractivity contribution in [1.82, 2.24) is 9.21 Å². The second-order valence-corrected chi connectivity index (χ2v) is 10.6. The number of halogens is 1. The molecule has 2 saturated heterocycles. The number of likely N-dealkylation sites (tertiary alicyclic amines) is 1. The highest BCUT2D eigenvalue weighted by molar-refractivity contribution is 7.89. The Morgan fingerprint density at radius 3 is 2.29 bits per heavy atom. The highest BCUT2D eigenvalue weighted by Gasteiger charge is 2.31. The number of aliphatic hydroxyl groups is 1. The third-order valence-electron chi connectivity index (χ3n) is 6.29. The first kappa shape index (κ1) is 22.3. The number of hydrogen-bond acceptors (Lipinski definition) is 4. The van der Waals surface area contributed by atoms with Crippen LogP contribution < -0.4 is 0 Å². The van der Waals surface area contributed by atoms with Gasteiger partial charge in [0.05, 0.1) is 21.6 Å². The van der Waals surface area contributed by atoms with Crippen molar-refractivity contribution in [3.8, 4) is 0 Å². The average molecular weight is 463 g/mol. The number of piperidine rings is 1. The van der Waals surface area contributed by atoms with Crippen LogP contribution in [0.2, 0.25) is 5.02 Å². The van der Waals surface area contributed by atoms with Crippen LogP contribution in [-0.4, -0.2) is 54.8 Å². The smallest absolute Gasteiger partial charge is 0.255 e. The van der Waals surface area contributed by atoms with Gasteiger partial charge in [0.25, 0.3) is 5.91 Å². The molecule has 0 aromatic heterocycles. The van der Waals surface area contributed by atoms with Gasteiger partial charge in [-0.3, -0.25) is 4.79 Å². The number of hydrogen-bond donors (Lipinski definition) is 1. The molecule has 2 fully saturated rings. The molecule has 2 aliphatic heterocycles. The summed E-state index contributed by atoms with van der Waals surface area (Å²) in [7, 11) is -3.62. The van der Waals surface area contributed by atoms with Gasteiger partial charge in [0.15, 0.2) is 0 Å². The molecule has 0 saturated carbocycles. The zero-order valence-corrected chi connectivity index (χ0v) is 18.9. The quantitative estimate of drug-likeness (QED) is 0.734. The molecule has 0 bridgehead atoms. The van der Waals surface area contributed by atoms with Crippen molar-refractivity contribution in [2.75, 3.05) is 26.2 Å². The lowest BCUT2D eigenvalue weighted by Crippen LogP contribution is -2.40. The maximum absolute atomic E-state index is 13.1. The van der Waals surface area contributed by atoms with E-state index in [1.807, 2.05) is 30.3 Å². The number of carbonyl (C=O) groups excluding carboxylic acids is 1. The summed E-state index contributed by atoms with van der Waals surface area (Å²) in [5, 5.41) is 10.9. The van der Waals surface area contributed by atoms with Crippen molar-refractivity contribution in [3.05, 3.63) is 64.7 Å². The average Bonchev–Trinajstić information content (AvgIpc) is 3.35. The minimum atomic E-state index is -3.62. The van der Waals surface area contributed by atoms with Gasteiger partial charge in [0.1, 0.15) is 0 Å². The molecule has 6 nitrogen and oxygen atoms in total. The van der Waals surface area contributed by atoms with E-state index in [0.29, 0.717) is 39.0 Å². The van der Waals surface area contributed by atoms with Crippen molar-refractivity contribution in [2.24, 2.45) is 5.92 Å². The number of aliphatic hydroxyl groups excluding tert-OH is 1. The molecule has 0 aliphatic carbocycles. The third kappa shape index (κ3) is 4.65. The summed E-state index contributed by atoms with van der Waals surface area (Å²) in [5.41, 5.74) is 1.10. The lowest BCUT2D eigenvalue weighted by atomic mass is 9.87. The number of amides is 1. The van der Waals surface area contributed by atoms with Crippen LogP contribution in [-0.2, 0) is 10.0 Å². The van der Waals surface area contributed by atoms with E-state index < -0.39 is 16.1 Å². The topological polar surface area (TPSA) is 77.9 Å². The van der Waals surface area contributed by atoms with E-state index in [4.69, 9.17) is 11.6 Å². The summed E-state index contributed by atoms with van der Waals surface area (Å²) in [6.07, 6.45) is 2.48. The molecule has 4 rings (SSSR count). The summed E-state index contributed by atoms with van der Waals surface area (Å²) in [4.78, 5) is 14.9. The molecular formula is C23H27ClN2O4S. The second kappa shape index (κ2) is 9.28. The van der Waals surface area contributed by atoms with Crippen LogP contribution >= 0.6 is 11.6 Å². The molecule has 0 spiro atoms. The van der Waals surface area contributed by atoms with Crippen molar-refractivity contribution in [2.45, 2.75) is 36.7 Å². The number of nitrogens with zero attached hydrogens (tertiary/aromatic N) is 2. The van der Waals surface area contributed by atoms with Crippen LogP contribution in [0.15, 0.2) is 53.4 Å². The van der Waals surface area contributed by atoms with Crippen LogP contribution in [0, 0.1) is 5.92 Å². The Kier molecular flexibility index (Phi) is 6.67. The Bertz CT molecular complexity index is 1030. The lowest BCUT2D eigenvalue weighted by Gasteiger charge is -2.34. The summed E-state index contributed by atoms with van der Waals surface area (Å²) in [6, 6.07) is 13.9. The molecule has 2 heterocycles. The summed E-state index contributed by atoms with van der Waals surface area (Å²) in [5.74, 6) is -0.195. The Hall–Kier alpha value is -1.93. The van der Waals surface area contributed by atoms with E-state index in [0.717, 1.165) is 18.4 Å². The van der Waals surface area contributed by atoms with Gasteiger partial charge < -0.3 is 10.0 Å².